The number of methoxy groups -OCH3 is 1. The van der Waals surface area contributed by atoms with Gasteiger partial charge in [0.2, 0.25) is 0 Å². The zero-order chi connectivity index (χ0) is 39.5. The van der Waals surface area contributed by atoms with E-state index < -0.39 is 67.7 Å². The van der Waals surface area contributed by atoms with E-state index in [1.165, 1.54) is 0 Å². The molecule has 8 rings (SSSR count). The summed E-state index contributed by atoms with van der Waals surface area (Å²) in [6, 6.07) is 50.1. The van der Waals surface area contributed by atoms with E-state index in [-0.39, 0.29) is 13.2 Å². The van der Waals surface area contributed by atoms with Gasteiger partial charge in [0, 0.05) is 12.7 Å². The lowest BCUT2D eigenvalue weighted by atomic mass is 9.95. The molecule has 5 aromatic carbocycles. The zero-order valence-corrected chi connectivity index (χ0v) is 32.9. The second kappa shape index (κ2) is 20.1. The van der Waals surface area contributed by atoms with Gasteiger partial charge in [0.15, 0.2) is 18.9 Å². The molecule has 5 aromatic rings. The van der Waals surface area contributed by atoms with E-state index in [0.29, 0.717) is 19.8 Å². The molecular formula is C48H52O10. The first kappa shape index (κ1) is 40.5. The minimum Gasteiger partial charge on any atom is -0.368 e. The smallest absolute Gasteiger partial charge is 0.187 e. The van der Waals surface area contributed by atoms with Crippen LogP contribution in [0, 0.1) is 0 Å². The molecule has 3 aliphatic rings. The minimum absolute atomic E-state index is 0.275. The minimum atomic E-state index is -0.952. The summed E-state index contributed by atoms with van der Waals surface area (Å²) in [5.74, 6) is 0. The van der Waals surface area contributed by atoms with Crippen molar-refractivity contribution in [1.82, 2.24) is 0 Å². The van der Waals surface area contributed by atoms with Crippen molar-refractivity contribution in [2.75, 3.05) is 13.7 Å². The Morgan fingerprint density at radius 3 is 1.41 bits per heavy atom. The Morgan fingerprint density at radius 1 is 0.466 bits per heavy atom. The van der Waals surface area contributed by atoms with Gasteiger partial charge in [-0.3, -0.25) is 0 Å². The maximum Gasteiger partial charge on any atom is 0.187 e. The molecule has 11 atom stereocenters. The summed E-state index contributed by atoms with van der Waals surface area (Å²) in [5.41, 5.74) is 4.95. The highest BCUT2D eigenvalue weighted by Gasteiger charge is 2.55. The summed E-state index contributed by atoms with van der Waals surface area (Å²) < 4.78 is 66.6. The van der Waals surface area contributed by atoms with Gasteiger partial charge < -0.3 is 47.4 Å². The average molecular weight is 789 g/mol. The molecule has 11 unspecified atom stereocenters. The van der Waals surface area contributed by atoms with E-state index in [1.54, 1.807) is 7.11 Å². The largest absolute Gasteiger partial charge is 0.368 e. The van der Waals surface area contributed by atoms with Crippen LogP contribution in [0.3, 0.4) is 0 Å². The third-order valence-electron chi connectivity index (χ3n) is 10.7. The second-order valence-corrected chi connectivity index (χ2v) is 14.8. The van der Waals surface area contributed by atoms with Gasteiger partial charge in [0.25, 0.3) is 0 Å². The highest BCUT2D eigenvalue weighted by molar-refractivity contribution is 5.18. The predicted molar refractivity (Wildman–Crippen MR) is 215 cm³/mol. The van der Waals surface area contributed by atoms with E-state index >= 15 is 0 Å². The summed E-state index contributed by atoms with van der Waals surface area (Å²) >= 11 is 0. The summed E-state index contributed by atoms with van der Waals surface area (Å²) in [6.07, 6.45) is -7.30. The summed E-state index contributed by atoms with van der Waals surface area (Å²) in [4.78, 5) is 0. The fourth-order valence-electron chi connectivity index (χ4n) is 7.75. The Bertz CT molecular complexity index is 1920. The summed E-state index contributed by atoms with van der Waals surface area (Å²) in [5, 5.41) is 0. The standard InChI is InChI=1S/C48H52O10/c1-33-40(50-28-34-18-8-3-9-19-34)42(51-29-35-20-10-4-11-21-35)44(53-31-37-24-14-6-15-25-37)48(55-33)58-45-43(52-30-36-22-12-5-13-23-36)41-39(56-47(45)49-2)32-54-46(57-41)38-26-16-7-17-27-38/h3-27,33,39-48H,28-32H2,1-2H3. The molecule has 0 aliphatic carbocycles. The van der Waals surface area contributed by atoms with E-state index in [2.05, 4.69) is 0 Å². The van der Waals surface area contributed by atoms with Crippen LogP contribution in [-0.4, -0.2) is 75.1 Å². The monoisotopic (exact) mass is 788 g/mol. The molecule has 10 nitrogen and oxygen atoms in total. The first-order valence-electron chi connectivity index (χ1n) is 20.1. The molecule has 3 aliphatic heterocycles. The van der Waals surface area contributed by atoms with Crippen LogP contribution in [0.5, 0.6) is 0 Å². The molecule has 58 heavy (non-hydrogen) atoms. The van der Waals surface area contributed by atoms with Gasteiger partial charge in [-0.1, -0.05) is 152 Å². The lowest BCUT2D eigenvalue weighted by Gasteiger charge is -2.51. The van der Waals surface area contributed by atoms with Crippen LogP contribution in [0.25, 0.3) is 0 Å². The molecule has 0 bridgehead atoms. The Morgan fingerprint density at radius 2 is 0.914 bits per heavy atom. The van der Waals surface area contributed by atoms with Crippen molar-refractivity contribution in [2.45, 2.75) is 101 Å². The van der Waals surface area contributed by atoms with Gasteiger partial charge in [-0.15, -0.1) is 0 Å². The maximum atomic E-state index is 7.11. The lowest BCUT2D eigenvalue weighted by Crippen LogP contribution is -2.66. The first-order chi connectivity index (χ1) is 28.6. The Kier molecular flexibility index (Phi) is 14.0. The van der Waals surface area contributed by atoms with Gasteiger partial charge in [-0.25, -0.2) is 0 Å². The van der Waals surface area contributed by atoms with Crippen molar-refractivity contribution in [3.8, 4) is 0 Å². The topological polar surface area (TPSA) is 92.3 Å². The quantitative estimate of drug-likeness (QED) is 0.0982. The third-order valence-corrected chi connectivity index (χ3v) is 10.7. The SMILES string of the molecule is COC1OC2COC(c3ccccc3)OC2C(OCc2ccccc2)C1OC1OC(C)C(OCc2ccccc2)C(OCc2ccccc2)C1OCc1ccccc1. The van der Waals surface area contributed by atoms with Crippen molar-refractivity contribution < 1.29 is 47.4 Å². The van der Waals surface area contributed by atoms with Crippen LogP contribution in [0.1, 0.15) is 41.0 Å². The summed E-state index contributed by atoms with van der Waals surface area (Å²) in [7, 11) is 1.60. The molecule has 3 heterocycles. The molecule has 3 fully saturated rings. The number of ether oxygens (including phenoxy) is 10. The van der Waals surface area contributed by atoms with Crippen molar-refractivity contribution >= 4 is 0 Å². The van der Waals surface area contributed by atoms with Crippen LogP contribution in [0.15, 0.2) is 152 Å². The molecule has 0 radical (unpaired) electrons. The average Bonchev–Trinajstić information content (AvgIpc) is 3.28. The fraction of sp³-hybridized carbons (Fsp3) is 0.375. The highest BCUT2D eigenvalue weighted by Crippen LogP contribution is 2.39. The van der Waals surface area contributed by atoms with Crippen LogP contribution >= 0.6 is 0 Å². The molecule has 0 saturated carbocycles. The number of hydrogen-bond acceptors (Lipinski definition) is 10. The summed E-state index contributed by atoms with van der Waals surface area (Å²) in [6.45, 7) is 3.54. The Balaban J connectivity index is 1.12. The van der Waals surface area contributed by atoms with Crippen LogP contribution in [0.2, 0.25) is 0 Å². The molecule has 0 N–H and O–H groups in total. The van der Waals surface area contributed by atoms with Gasteiger partial charge in [0.05, 0.1) is 39.1 Å². The van der Waals surface area contributed by atoms with E-state index in [0.717, 1.165) is 27.8 Å². The highest BCUT2D eigenvalue weighted by atomic mass is 16.8. The molecule has 0 spiro atoms. The maximum absolute atomic E-state index is 7.11. The number of benzene rings is 5. The van der Waals surface area contributed by atoms with Gasteiger partial charge >= 0.3 is 0 Å². The van der Waals surface area contributed by atoms with E-state index in [9.17, 15) is 0 Å². The second-order valence-electron chi connectivity index (χ2n) is 14.8. The predicted octanol–water partition coefficient (Wildman–Crippen LogP) is 7.94. The van der Waals surface area contributed by atoms with Crippen LogP contribution in [-0.2, 0) is 73.8 Å². The molecular weight excluding hydrogens is 737 g/mol. The van der Waals surface area contributed by atoms with Gasteiger partial charge in [0.1, 0.15) is 42.7 Å². The third kappa shape index (κ3) is 10.1. The first-order valence-corrected chi connectivity index (χ1v) is 20.1. The van der Waals surface area contributed by atoms with Crippen molar-refractivity contribution in [2.24, 2.45) is 0 Å². The number of fused-ring (bicyclic) bond motifs is 1. The van der Waals surface area contributed by atoms with Crippen LogP contribution in [0.4, 0.5) is 0 Å². The fourth-order valence-corrected chi connectivity index (χ4v) is 7.75. The van der Waals surface area contributed by atoms with Crippen molar-refractivity contribution in [3.05, 3.63) is 179 Å². The van der Waals surface area contributed by atoms with Gasteiger partial charge in [-0.05, 0) is 29.2 Å². The molecule has 0 aromatic heterocycles. The van der Waals surface area contributed by atoms with Crippen molar-refractivity contribution in [1.29, 1.82) is 0 Å². The zero-order valence-electron chi connectivity index (χ0n) is 32.9. The molecule has 304 valence electrons. The Labute approximate surface area is 340 Å². The number of hydrogen-bond donors (Lipinski definition) is 0. The van der Waals surface area contributed by atoms with Crippen LogP contribution < -0.4 is 0 Å². The molecule has 0 amide bonds. The van der Waals surface area contributed by atoms with Crippen molar-refractivity contribution in [3.63, 3.8) is 0 Å². The number of rotatable bonds is 16. The molecule has 10 heteroatoms. The van der Waals surface area contributed by atoms with Gasteiger partial charge in [-0.2, -0.15) is 0 Å². The van der Waals surface area contributed by atoms with E-state index in [4.69, 9.17) is 47.4 Å². The molecule has 3 saturated heterocycles. The normalized spacial score (nSPS) is 29.7. The Hall–Kier alpha value is -4.30. The van der Waals surface area contributed by atoms with E-state index in [1.807, 2.05) is 159 Å². The lowest BCUT2D eigenvalue weighted by molar-refractivity contribution is -0.398.